The first kappa shape index (κ1) is 27.3. The van der Waals surface area contributed by atoms with Crippen molar-refractivity contribution in [3.05, 3.63) is 107 Å². The SMILES string of the molecule is ClC(Cl)(Cl)C1=N/C(C(Cl)(Cl)Cl)=C\CCC(c2ccc(C=Cc3ccc(-c4ccccc4)cc3)cc2)=N1. The van der Waals surface area contributed by atoms with Crippen molar-refractivity contribution in [2.45, 2.75) is 20.4 Å². The Morgan fingerprint density at radius 2 is 1.11 bits per heavy atom. The maximum absolute atomic E-state index is 6.10. The summed E-state index contributed by atoms with van der Waals surface area (Å²) in [4.78, 5) is 8.78. The summed E-state index contributed by atoms with van der Waals surface area (Å²) in [5.74, 6) is -0.0531. The van der Waals surface area contributed by atoms with Crippen molar-refractivity contribution < 1.29 is 0 Å². The third-order valence-corrected chi connectivity index (χ3v) is 6.55. The monoisotopic (exact) mass is 594 g/mol. The molecule has 3 aromatic rings. The fourth-order valence-electron chi connectivity index (χ4n) is 3.63. The van der Waals surface area contributed by atoms with Gasteiger partial charge < -0.3 is 0 Å². The molecule has 0 saturated carbocycles. The predicted molar refractivity (Wildman–Crippen MR) is 159 cm³/mol. The summed E-state index contributed by atoms with van der Waals surface area (Å²) in [6.45, 7) is 0. The van der Waals surface area contributed by atoms with E-state index in [0.717, 1.165) is 22.4 Å². The van der Waals surface area contributed by atoms with Crippen LogP contribution in [-0.2, 0) is 0 Å². The third-order valence-electron chi connectivity index (χ3n) is 5.46. The van der Waals surface area contributed by atoms with Crippen LogP contribution in [0.2, 0.25) is 0 Å². The minimum absolute atomic E-state index is 0.0531. The molecule has 0 unspecified atom stereocenters. The molecule has 36 heavy (non-hydrogen) atoms. The quantitative estimate of drug-likeness (QED) is 0.211. The number of benzene rings is 3. The summed E-state index contributed by atoms with van der Waals surface area (Å²) in [5, 5.41) is 0. The predicted octanol–water partition coefficient (Wildman–Crippen LogP) is 10.1. The molecule has 0 atom stereocenters. The highest BCUT2D eigenvalue weighted by molar-refractivity contribution is 6.77. The van der Waals surface area contributed by atoms with E-state index in [9.17, 15) is 0 Å². The van der Waals surface area contributed by atoms with Crippen molar-refractivity contribution in [2.24, 2.45) is 9.98 Å². The second kappa shape index (κ2) is 11.7. The van der Waals surface area contributed by atoms with Gasteiger partial charge >= 0.3 is 0 Å². The molecule has 0 radical (unpaired) electrons. The molecule has 0 spiro atoms. The van der Waals surface area contributed by atoms with Gasteiger partial charge in [-0.2, -0.15) is 0 Å². The number of nitrogens with zero attached hydrogens (tertiary/aromatic N) is 2. The van der Waals surface area contributed by atoms with Crippen LogP contribution in [0.4, 0.5) is 0 Å². The number of hydrogen-bond donors (Lipinski definition) is 0. The van der Waals surface area contributed by atoms with Gasteiger partial charge in [-0.15, -0.1) is 0 Å². The molecule has 2 nitrogen and oxygen atoms in total. The summed E-state index contributed by atoms with van der Waals surface area (Å²) in [6, 6.07) is 26.7. The Bertz CT molecular complexity index is 1310. The van der Waals surface area contributed by atoms with Gasteiger partial charge in [-0.1, -0.05) is 167 Å². The van der Waals surface area contributed by atoms with E-state index in [1.165, 1.54) is 11.1 Å². The number of aliphatic imine (C=N–C) groups is 2. The number of rotatable bonds is 4. The van der Waals surface area contributed by atoms with Crippen molar-refractivity contribution in [3.63, 3.8) is 0 Å². The topological polar surface area (TPSA) is 24.7 Å². The maximum Gasteiger partial charge on any atom is 0.250 e. The van der Waals surface area contributed by atoms with Gasteiger partial charge in [-0.05, 0) is 40.7 Å². The molecule has 1 heterocycles. The van der Waals surface area contributed by atoms with E-state index in [1.807, 2.05) is 42.5 Å². The lowest BCUT2D eigenvalue weighted by molar-refractivity contribution is 1.03. The molecule has 0 N–H and O–H groups in total. The summed E-state index contributed by atoms with van der Waals surface area (Å²) in [5.41, 5.74) is 6.34. The molecule has 0 amide bonds. The summed E-state index contributed by atoms with van der Waals surface area (Å²) in [6.07, 6.45) is 6.99. The van der Waals surface area contributed by atoms with Crippen LogP contribution in [-0.4, -0.2) is 19.1 Å². The number of amidine groups is 1. The molecule has 1 aliphatic heterocycles. The van der Waals surface area contributed by atoms with Gasteiger partial charge in [0.05, 0.1) is 11.4 Å². The fourth-order valence-corrected chi connectivity index (χ4v) is 4.24. The van der Waals surface area contributed by atoms with Gasteiger partial charge in [-0.3, -0.25) is 0 Å². The molecule has 0 aliphatic carbocycles. The van der Waals surface area contributed by atoms with Crippen LogP contribution in [0, 0.1) is 0 Å². The van der Waals surface area contributed by atoms with E-state index in [2.05, 4.69) is 58.5 Å². The second-order valence-electron chi connectivity index (χ2n) is 8.06. The summed E-state index contributed by atoms with van der Waals surface area (Å²) in [7, 11) is 0. The first-order valence-corrected chi connectivity index (χ1v) is 13.3. The Morgan fingerprint density at radius 1 is 0.583 bits per heavy atom. The van der Waals surface area contributed by atoms with E-state index >= 15 is 0 Å². The van der Waals surface area contributed by atoms with Crippen LogP contribution in [0.15, 0.2) is 101 Å². The van der Waals surface area contributed by atoms with Gasteiger partial charge in [0.15, 0.2) is 5.84 Å². The second-order valence-corrected chi connectivity index (χ2v) is 12.6. The Hall–Kier alpha value is -1.78. The highest BCUT2D eigenvalue weighted by atomic mass is 35.6. The van der Waals surface area contributed by atoms with Crippen LogP contribution >= 0.6 is 69.6 Å². The van der Waals surface area contributed by atoms with E-state index in [1.54, 1.807) is 6.08 Å². The molecular weight excluding hydrogens is 577 g/mol. The lowest BCUT2D eigenvalue weighted by Crippen LogP contribution is -2.22. The Labute approximate surface area is 240 Å². The average Bonchev–Trinajstić information content (AvgIpc) is 2.82. The minimum Gasteiger partial charge on any atom is -0.233 e. The molecule has 184 valence electrons. The van der Waals surface area contributed by atoms with Gasteiger partial charge in [0.25, 0.3) is 0 Å². The molecule has 0 aromatic heterocycles. The van der Waals surface area contributed by atoms with E-state index in [4.69, 9.17) is 69.6 Å². The number of allylic oxidation sites excluding steroid dienone is 2. The van der Waals surface area contributed by atoms with Crippen LogP contribution in [0.25, 0.3) is 23.3 Å². The van der Waals surface area contributed by atoms with E-state index in [-0.39, 0.29) is 11.5 Å². The van der Waals surface area contributed by atoms with Gasteiger partial charge in [0, 0.05) is 0 Å². The zero-order valence-corrected chi connectivity index (χ0v) is 23.3. The van der Waals surface area contributed by atoms with Gasteiger partial charge in [0.1, 0.15) is 0 Å². The van der Waals surface area contributed by atoms with Crippen LogP contribution in [0.1, 0.15) is 29.5 Å². The Balaban J connectivity index is 1.52. The summed E-state index contributed by atoms with van der Waals surface area (Å²) >= 11 is 36.3. The normalized spacial score (nSPS) is 16.6. The zero-order chi connectivity index (χ0) is 25.8. The first-order valence-electron chi connectivity index (χ1n) is 11.0. The lowest BCUT2D eigenvalue weighted by atomic mass is 10.0. The molecule has 0 fully saturated rings. The van der Waals surface area contributed by atoms with Gasteiger partial charge in [0.2, 0.25) is 7.59 Å². The van der Waals surface area contributed by atoms with E-state index in [0.29, 0.717) is 12.8 Å². The molecule has 8 heteroatoms. The van der Waals surface area contributed by atoms with Crippen molar-refractivity contribution in [1.29, 1.82) is 0 Å². The highest BCUT2D eigenvalue weighted by Gasteiger charge is 2.33. The maximum atomic E-state index is 6.10. The number of halogens is 6. The molecule has 1 aliphatic rings. The average molecular weight is 597 g/mol. The highest BCUT2D eigenvalue weighted by Crippen LogP contribution is 2.39. The number of alkyl halides is 6. The molecule has 0 bridgehead atoms. The van der Waals surface area contributed by atoms with Crippen molar-refractivity contribution >= 4 is 93.3 Å². The molecular formula is C28H20Cl6N2. The smallest absolute Gasteiger partial charge is 0.233 e. The first-order chi connectivity index (χ1) is 17.1. The van der Waals surface area contributed by atoms with Crippen molar-refractivity contribution in [3.8, 4) is 11.1 Å². The Kier molecular flexibility index (Phi) is 8.88. The molecule has 4 rings (SSSR count). The third kappa shape index (κ3) is 7.38. The lowest BCUT2D eigenvalue weighted by Gasteiger charge is -2.19. The minimum atomic E-state index is -1.88. The van der Waals surface area contributed by atoms with E-state index < -0.39 is 7.59 Å². The Morgan fingerprint density at radius 3 is 1.64 bits per heavy atom. The largest absolute Gasteiger partial charge is 0.250 e. The zero-order valence-electron chi connectivity index (χ0n) is 18.8. The fraction of sp³-hybridized carbons (Fsp3) is 0.143. The van der Waals surface area contributed by atoms with Gasteiger partial charge in [-0.25, -0.2) is 9.98 Å². The van der Waals surface area contributed by atoms with Crippen LogP contribution < -0.4 is 0 Å². The standard InChI is InChI=1S/C28H20Cl6N2/c29-27(30,31)25-8-4-7-24(35-26(36-25)28(32,33)34)23-17-13-20(14-18-23)10-9-19-11-15-22(16-12-19)21-5-2-1-3-6-21/h1-3,5-6,8-18H,4,7H2/b10-9?,25-8-,35-24?,36-26?. The number of hydrogen-bond acceptors (Lipinski definition) is 2. The summed E-state index contributed by atoms with van der Waals surface area (Å²) < 4.78 is -3.62. The van der Waals surface area contributed by atoms with Crippen LogP contribution in [0.3, 0.4) is 0 Å². The van der Waals surface area contributed by atoms with Crippen molar-refractivity contribution in [2.75, 3.05) is 0 Å². The molecule has 0 saturated heterocycles. The van der Waals surface area contributed by atoms with Crippen LogP contribution in [0.5, 0.6) is 0 Å². The molecule has 3 aromatic carbocycles. The van der Waals surface area contributed by atoms with Crippen molar-refractivity contribution in [1.82, 2.24) is 0 Å².